The first-order valence-electron chi connectivity index (χ1n) is 4.64. The topological polar surface area (TPSA) is 15.3 Å². The standard InChI is InChI=1S/C11H18N2/c1-10-4-6-11(7-5-10)12-8-9-13(2)3/h4-7,12H,8-9H2,1-3H3. The van der Waals surface area contributed by atoms with Crippen molar-refractivity contribution in [1.82, 2.24) is 4.90 Å². The summed E-state index contributed by atoms with van der Waals surface area (Å²) in [4.78, 5) is 2.17. The lowest BCUT2D eigenvalue weighted by atomic mass is 10.2. The molecule has 0 heterocycles. The largest absolute Gasteiger partial charge is 0.384 e. The van der Waals surface area contributed by atoms with Crippen molar-refractivity contribution in [3.05, 3.63) is 29.8 Å². The highest BCUT2D eigenvalue weighted by Crippen LogP contribution is 2.07. The Morgan fingerprint density at radius 2 is 1.77 bits per heavy atom. The Bertz CT molecular complexity index is 239. The van der Waals surface area contributed by atoms with E-state index in [1.807, 2.05) is 0 Å². The van der Waals surface area contributed by atoms with Gasteiger partial charge in [-0.2, -0.15) is 0 Å². The molecule has 1 rings (SSSR count). The Labute approximate surface area is 80.6 Å². The van der Waals surface area contributed by atoms with Crippen molar-refractivity contribution >= 4 is 5.69 Å². The van der Waals surface area contributed by atoms with Gasteiger partial charge in [0.25, 0.3) is 0 Å². The second kappa shape index (κ2) is 4.87. The lowest BCUT2D eigenvalue weighted by Gasteiger charge is -2.11. The minimum atomic E-state index is 0.996. The van der Waals surface area contributed by atoms with Crippen LogP contribution in [0.25, 0.3) is 0 Å². The number of nitrogens with one attached hydrogen (secondary N) is 1. The van der Waals surface area contributed by atoms with Gasteiger partial charge in [0, 0.05) is 18.8 Å². The molecule has 1 aromatic carbocycles. The van der Waals surface area contributed by atoms with Crippen LogP contribution in [0.4, 0.5) is 5.69 Å². The zero-order chi connectivity index (χ0) is 9.68. The van der Waals surface area contributed by atoms with Crippen LogP contribution in [-0.4, -0.2) is 32.1 Å². The fourth-order valence-corrected chi connectivity index (χ4v) is 1.10. The molecule has 0 aromatic heterocycles. The molecule has 1 aromatic rings. The highest BCUT2D eigenvalue weighted by molar-refractivity contribution is 5.44. The summed E-state index contributed by atoms with van der Waals surface area (Å²) in [6.45, 7) is 4.16. The molecule has 2 nitrogen and oxygen atoms in total. The molecule has 72 valence electrons. The molecule has 0 radical (unpaired) electrons. The average Bonchev–Trinajstić information content (AvgIpc) is 2.08. The van der Waals surface area contributed by atoms with E-state index < -0.39 is 0 Å². The molecule has 0 unspecified atom stereocenters. The minimum absolute atomic E-state index is 0.996. The average molecular weight is 178 g/mol. The van der Waals surface area contributed by atoms with Crippen LogP contribution in [0.3, 0.4) is 0 Å². The van der Waals surface area contributed by atoms with Crippen molar-refractivity contribution in [1.29, 1.82) is 0 Å². The first kappa shape index (κ1) is 10.1. The van der Waals surface area contributed by atoms with Crippen LogP contribution < -0.4 is 5.32 Å². The Hall–Kier alpha value is -1.02. The van der Waals surface area contributed by atoms with E-state index in [9.17, 15) is 0 Å². The fraction of sp³-hybridized carbons (Fsp3) is 0.455. The quantitative estimate of drug-likeness (QED) is 0.758. The second-order valence-corrected chi connectivity index (χ2v) is 3.60. The number of nitrogens with zero attached hydrogens (tertiary/aromatic N) is 1. The third kappa shape index (κ3) is 3.95. The summed E-state index contributed by atoms with van der Waals surface area (Å²) in [6, 6.07) is 8.48. The Morgan fingerprint density at radius 1 is 1.15 bits per heavy atom. The van der Waals surface area contributed by atoms with Gasteiger partial charge in [0.05, 0.1) is 0 Å². The van der Waals surface area contributed by atoms with Crippen LogP contribution in [0, 0.1) is 6.92 Å². The Kier molecular flexibility index (Phi) is 3.77. The highest BCUT2D eigenvalue weighted by Gasteiger charge is 1.91. The van der Waals surface area contributed by atoms with Gasteiger partial charge in [0.15, 0.2) is 0 Å². The summed E-state index contributed by atoms with van der Waals surface area (Å²) in [5, 5.41) is 3.36. The predicted molar refractivity (Wildman–Crippen MR) is 58.2 cm³/mol. The monoisotopic (exact) mass is 178 g/mol. The number of aryl methyl sites for hydroxylation is 1. The highest BCUT2D eigenvalue weighted by atomic mass is 15.1. The maximum Gasteiger partial charge on any atom is 0.0340 e. The SMILES string of the molecule is Cc1ccc(NCCN(C)C)cc1. The predicted octanol–water partition coefficient (Wildman–Crippen LogP) is 1.97. The molecule has 0 bridgehead atoms. The maximum absolute atomic E-state index is 3.36. The Balaban J connectivity index is 2.33. The van der Waals surface area contributed by atoms with Crippen molar-refractivity contribution in [2.24, 2.45) is 0 Å². The summed E-state index contributed by atoms with van der Waals surface area (Å²) in [5.41, 5.74) is 2.51. The van der Waals surface area contributed by atoms with Crippen LogP contribution in [0.1, 0.15) is 5.56 Å². The number of hydrogen-bond acceptors (Lipinski definition) is 2. The van der Waals surface area contributed by atoms with Gasteiger partial charge in [-0.05, 0) is 33.2 Å². The number of hydrogen-bond donors (Lipinski definition) is 1. The van der Waals surface area contributed by atoms with E-state index in [-0.39, 0.29) is 0 Å². The molecule has 0 amide bonds. The van der Waals surface area contributed by atoms with E-state index in [1.54, 1.807) is 0 Å². The molecule has 0 saturated heterocycles. The summed E-state index contributed by atoms with van der Waals surface area (Å²) in [7, 11) is 4.16. The van der Waals surface area contributed by atoms with Crippen LogP contribution in [0.15, 0.2) is 24.3 Å². The summed E-state index contributed by atoms with van der Waals surface area (Å²) >= 11 is 0. The first-order valence-corrected chi connectivity index (χ1v) is 4.64. The minimum Gasteiger partial charge on any atom is -0.384 e. The van der Waals surface area contributed by atoms with Gasteiger partial charge in [-0.3, -0.25) is 0 Å². The molecule has 0 fully saturated rings. The van der Waals surface area contributed by atoms with Crippen molar-refractivity contribution in [2.45, 2.75) is 6.92 Å². The third-order valence-corrected chi connectivity index (χ3v) is 1.94. The molecule has 0 aliphatic heterocycles. The molecule has 0 saturated carbocycles. The molecular formula is C11H18N2. The van der Waals surface area contributed by atoms with Crippen LogP contribution in [0.2, 0.25) is 0 Å². The van der Waals surface area contributed by atoms with Crippen molar-refractivity contribution in [2.75, 3.05) is 32.5 Å². The molecule has 0 aliphatic rings. The molecule has 1 N–H and O–H groups in total. The van der Waals surface area contributed by atoms with Crippen molar-refractivity contribution in [3.8, 4) is 0 Å². The molecule has 0 aliphatic carbocycles. The lowest BCUT2D eigenvalue weighted by molar-refractivity contribution is 0.425. The van der Waals surface area contributed by atoms with Gasteiger partial charge in [0.1, 0.15) is 0 Å². The van der Waals surface area contributed by atoms with E-state index in [0.717, 1.165) is 13.1 Å². The third-order valence-electron chi connectivity index (χ3n) is 1.94. The van der Waals surface area contributed by atoms with E-state index in [1.165, 1.54) is 11.3 Å². The summed E-state index contributed by atoms with van der Waals surface area (Å²) in [6.07, 6.45) is 0. The molecule has 0 atom stereocenters. The number of benzene rings is 1. The smallest absolute Gasteiger partial charge is 0.0340 e. The maximum atomic E-state index is 3.36. The number of rotatable bonds is 4. The first-order chi connectivity index (χ1) is 6.18. The van der Waals surface area contributed by atoms with Crippen LogP contribution in [-0.2, 0) is 0 Å². The molecule has 2 heteroatoms. The van der Waals surface area contributed by atoms with Gasteiger partial charge < -0.3 is 10.2 Å². The van der Waals surface area contributed by atoms with Gasteiger partial charge in [-0.25, -0.2) is 0 Å². The van der Waals surface area contributed by atoms with Crippen LogP contribution in [0.5, 0.6) is 0 Å². The Morgan fingerprint density at radius 3 is 2.31 bits per heavy atom. The number of anilines is 1. The lowest BCUT2D eigenvalue weighted by Crippen LogP contribution is -2.20. The fourth-order valence-electron chi connectivity index (χ4n) is 1.10. The van der Waals surface area contributed by atoms with Gasteiger partial charge in [0.2, 0.25) is 0 Å². The normalized spacial score (nSPS) is 10.5. The summed E-state index contributed by atoms with van der Waals surface area (Å²) < 4.78 is 0. The summed E-state index contributed by atoms with van der Waals surface area (Å²) in [5.74, 6) is 0. The molecule has 0 spiro atoms. The second-order valence-electron chi connectivity index (χ2n) is 3.60. The zero-order valence-corrected chi connectivity index (χ0v) is 8.67. The molecular weight excluding hydrogens is 160 g/mol. The van der Waals surface area contributed by atoms with E-state index >= 15 is 0 Å². The molecule has 13 heavy (non-hydrogen) atoms. The van der Waals surface area contributed by atoms with E-state index in [2.05, 4.69) is 55.5 Å². The van der Waals surface area contributed by atoms with E-state index in [4.69, 9.17) is 0 Å². The van der Waals surface area contributed by atoms with Gasteiger partial charge in [-0.1, -0.05) is 17.7 Å². The van der Waals surface area contributed by atoms with Crippen molar-refractivity contribution < 1.29 is 0 Å². The van der Waals surface area contributed by atoms with Gasteiger partial charge >= 0.3 is 0 Å². The van der Waals surface area contributed by atoms with Crippen molar-refractivity contribution in [3.63, 3.8) is 0 Å². The van der Waals surface area contributed by atoms with Gasteiger partial charge in [-0.15, -0.1) is 0 Å². The van der Waals surface area contributed by atoms with E-state index in [0.29, 0.717) is 0 Å². The van der Waals surface area contributed by atoms with Crippen LogP contribution >= 0.6 is 0 Å². The zero-order valence-electron chi connectivity index (χ0n) is 8.67. The number of likely N-dealkylation sites (N-methyl/N-ethyl adjacent to an activating group) is 1.